The Morgan fingerprint density at radius 1 is 1.05 bits per heavy atom. The van der Waals surface area contributed by atoms with Crippen LogP contribution in [-0.4, -0.2) is 4.57 Å². The number of nitrogens with two attached hydrogens (primary N) is 1. The van der Waals surface area contributed by atoms with Gasteiger partial charge in [-0.05, 0) is 54.8 Å². The van der Waals surface area contributed by atoms with Gasteiger partial charge in [0.25, 0.3) is 0 Å². The molecule has 0 unspecified atom stereocenters. The van der Waals surface area contributed by atoms with Crippen LogP contribution in [-0.2, 0) is 13.1 Å². The van der Waals surface area contributed by atoms with E-state index in [9.17, 15) is 0 Å². The van der Waals surface area contributed by atoms with Crippen LogP contribution in [0, 0.1) is 13.8 Å². The number of aryl methyl sites for hydroxylation is 1. The third kappa shape index (κ3) is 2.57. The predicted octanol–water partition coefficient (Wildman–Crippen LogP) is 4.42. The first kappa shape index (κ1) is 14.2. The van der Waals surface area contributed by atoms with Crippen molar-refractivity contribution in [1.29, 1.82) is 0 Å². The quantitative estimate of drug-likeness (QED) is 0.762. The third-order valence-corrected chi connectivity index (χ3v) is 4.40. The molecule has 0 aliphatic heterocycles. The van der Waals surface area contributed by atoms with Crippen LogP contribution in [0.4, 0.5) is 0 Å². The Labute approximate surface area is 130 Å². The zero-order chi connectivity index (χ0) is 15.0. The van der Waals surface area contributed by atoms with Gasteiger partial charge in [0.1, 0.15) is 0 Å². The van der Waals surface area contributed by atoms with Crippen molar-refractivity contribution in [1.82, 2.24) is 4.57 Å². The summed E-state index contributed by atoms with van der Waals surface area (Å²) in [5.41, 5.74) is 12.0. The van der Waals surface area contributed by atoms with Crippen LogP contribution in [0.15, 0.2) is 42.5 Å². The topological polar surface area (TPSA) is 30.9 Å². The van der Waals surface area contributed by atoms with Crippen LogP contribution < -0.4 is 5.73 Å². The average Bonchev–Trinajstić information content (AvgIpc) is 2.72. The van der Waals surface area contributed by atoms with E-state index in [2.05, 4.69) is 42.7 Å². The molecule has 0 radical (unpaired) electrons. The maximum Gasteiger partial charge on any atom is 0.0488 e. The summed E-state index contributed by atoms with van der Waals surface area (Å²) in [6.07, 6.45) is 0. The molecule has 0 atom stereocenters. The van der Waals surface area contributed by atoms with Gasteiger partial charge >= 0.3 is 0 Å². The van der Waals surface area contributed by atoms with E-state index in [1.807, 2.05) is 18.2 Å². The van der Waals surface area contributed by atoms with Gasteiger partial charge in [0.2, 0.25) is 0 Å². The summed E-state index contributed by atoms with van der Waals surface area (Å²) in [7, 11) is 0. The van der Waals surface area contributed by atoms with Gasteiger partial charge in [-0.25, -0.2) is 0 Å². The molecule has 0 aliphatic rings. The summed E-state index contributed by atoms with van der Waals surface area (Å²) in [6.45, 7) is 5.75. The van der Waals surface area contributed by atoms with E-state index in [0.29, 0.717) is 6.54 Å². The van der Waals surface area contributed by atoms with Gasteiger partial charge in [0.15, 0.2) is 0 Å². The molecular formula is C18H19ClN2. The van der Waals surface area contributed by atoms with Gasteiger partial charge < -0.3 is 10.3 Å². The molecule has 0 aliphatic carbocycles. The summed E-state index contributed by atoms with van der Waals surface area (Å²) in [5.74, 6) is 0. The molecule has 2 nitrogen and oxygen atoms in total. The lowest BCUT2D eigenvalue weighted by Crippen LogP contribution is -2.02. The number of hydrogen-bond donors (Lipinski definition) is 1. The van der Waals surface area contributed by atoms with Gasteiger partial charge in [-0.15, -0.1) is 0 Å². The molecule has 3 aromatic rings. The largest absolute Gasteiger partial charge is 0.340 e. The van der Waals surface area contributed by atoms with Crippen molar-refractivity contribution < 1.29 is 0 Å². The first-order valence-electron chi connectivity index (χ1n) is 7.13. The SMILES string of the molecule is Cc1c(C)n(Cc2cccc(Cl)c2)c2ccc(CN)cc12. The molecule has 0 saturated heterocycles. The number of hydrogen-bond acceptors (Lipinski definition) is 1. The second-order valence-electron chi connectivity index (χ2n) is 5.48. The summed E-state index contributed by atoms with van der Waals surface area (Å²) >= 11 is 6.09. The fraction of sp³-hybridized carbons (Fsp3) is 0.222. The second kappa shape index (κ2) is 5.55. The van der Waals surface area contributed by atoms with Crippen LogP contribution in [0.25, 0.3) is 10.9 Å². The molecular weight excluding hydrogens is 280 g/mol. The number of benzene rings is 2. The van der Waals surface area contributed by atoms with Gasteiger partial charge in [0.05, 0.1) is 0 Å². The lowest BCUT2D eigenvalue weighted by molar-refractivity contribution is 0.801. The van der Waals surface area contributed by atoms with Crippen LogP contribution in [0.1, 0.15) is 22.4 Å². The maximum absolute atomic E-state index is 6.09. The molecule has 0 saturated carbocycles. The minimum atomic E-state index is 0.577. The molecule has 3 rings (SSSR count). The van der Waals surface area contributed by atoms with Gasteiger partial charge in [-0.2, -0.15) is 0 Å². The van der Waals surface area contributed by atoms with Crippen molar-refractivity contribution in [3.8, 4) is 0 Å². The monoisotopic (exact) mass is 298 g/mol. The zero-order valence-electron chi connectivity index (χ0n) is 12.4. The normalized spacial score (nSPS) is 11.2. The number of aromatic nitrogens is 1. The first-order valence-corrected chi connectivity index (χ1v) is 7.51. The zero-order valence-corrected chi connectivity index (χ0v) is 13.1. The van der Waals surface area contributed by atoms with E-state index in [4.69, 9.17) is 17.3 Å². The summed E-state index contributed by atoms with van der Waals surface area (Å²) in [6, 6.07) is 14.5. The Morgan fingerprint density at radius 2 is 1.86 bits per heavy atom. The minimum absolute atomic E-state index is 0.577. The Kier molecular flexibility index (Phi) is 3.75. The highest BCUT2D eigenvalue weighted by Crippen LogP contribution is 2.27. The molecule has 1 heterocycles. The number of nitrogens with zero attached hydrogens (tertiary/aromatic N) is 1. The van der Waals surface area contributed by atoms with Gasteiger partial charge in [0, 0.05) is 34.7 Å². The molecule has 0 amide bonds. The molecule has 2 aromatic carbocycles. The van der Waals surface area contributed by atoms with E-state index in [1.165, 1.54) is 33.3 Å². The van der Waals surface area contributed by atoms with Crippen molar-refractivity contribution in [2.45, 2.75) is 26.9 Å². The maximum atomic E-state index is 6.09. The van der Waals surface area contributed by atoms with Gasteiger partial charge in [-0.1, -0.05) is 29.8 Å². The molecule has 21 heavy (non-hydrogen) atoms. The molecule has 0 bridgehead atoms. The van der Waals surface area contributed by atoms with E-state index in [0.717, 1.165) is 11.6 Å². The summed E-state index contributed by atoms with van der Waals surface area (Å²) < 4.78 is 2.34. The minimum Gasteiger partial charge on any atom is -0.340 e. The highest BCUT2D eigenvalue weighted by Gasteiger charge is 2.11. The average molecular weight is 299 g/mol. The highest BCUT2D eigenvalue weighted by atomic mass is 35.5. The molecule has 1 aromatic heterocycles. The number of halogens is 1. The van der Waals surface area contributed by atoms with E-state index in [1.54, 1.807) is 0 Å². The predicted molar refractivity (Wildman–Crippen MR) is 89.9 cm³/mol. The summed E-state index contributed by atoms with van der Waals surface area (Å²) in [5, 5.41) is 2.07. The lowest BCUT2D eigenvalue weighted by Gasteiger charge is -2.09. The molecule has 0 spiro atoms. The Bertz CT molecular complexity index is 802. The van der Waals surface area contributed by atoms with Crippen molar-refractivity contribution in [3.05, 3.63) is 69.9 Å². The van der Waals surface area contributed by atoms with Crippen molar-refractivity contribution in [3.63, 3.8) is 0 Å². The standard InChI is InChI=1S/C18H19ClN2/c1-12-13(2)21(11-15-4-3-5-16(19)8-15)18-7-6-14(10-20)9-17(12)18/h3-9H,10-11,20H2,1-2H3. The van der Waals surface area contributed by atoms with Crippen molar-refractivity contribution >= 4 is 22.5 Å². The smallest absolute Gasteiger partial charge is 0.0488 e. The molecule has 3 heteroatoms. The fourth-order valence-corrected chi connectivity index (χ4v) is 3.06. The Morgan fingerprint density at radius 3 is 2.57 bits per heavy atom. The van der Waals surface area contributed by atoms with E-state index in [-0.39, 0.29) is 0 Å². The number of rotatable bonds is 3. The number of fused-ring (bicyclic) bond motifs is 1. The van der Waals surface area contributed by atoms with Crippen LogP contribution >= 0.6 is 11.6 Å². The van der Waals surface area contributed by atoms with Crippen LogP contribution in [0.3, 0.4) is 0 Å². The van der Waals surface area contributed by atoms with Crippen LogP contribution in [0.2, 0.25) is 5.02 Å². The first-order chi connectivity index (χ1) is 10.1. The molecule has 108 valence electrons. The van der Waals surface area contributed by atoms with Crippen LogP contribution in [0.5, 0.6) is 0 Å². The van der Waals surface area contributed by atoms with Crippen molar-refractivity contribution in [2.75, 3.05) is 0 Å². The lowest BCUT2D eigenvalue weighted by atomic mass is 10.1. The third-order valence-electron chi connectivity index (χ3n) is 4.17. The van der Waals surface area contributed by atoms with E-state index >= 15 is 0 Å². The summed E-state index contributed by atoms with van der Waals surface area (Å²) in [4.78, 5) is 0. The second-order valence-corrected chi connectivity index (χ2v) is 5.92. The Hall–Kier alpha value is -1.77. The van der Waals surface area contributed by atoms with Crippen molar-refractivity contribution in [2.24, 2.45) is 5.73 Å². The molecule has 2 N–H and O–H groups in total. The molecule has 0 fully saturated rings. The fourth-order valence-electron chi connectivity index (χ4n) is 2.85. The highest BCUT2D eigenvalue weighted by molar-refractivity contribution is 6.30. The van der Waals surface area contributed by atoms with E-state index < -0.39 is 0 Å². The van der Waals surface area contributed by atoms with Gasteiger partial charge in [-0.3, -0.25) is 0 Å². The Balaban J connectivity index is 2.12.